The molecule has 0 aliphatic heterocycles. The van der Waals surface area contributed by atoms with Crippen molar-refractivity contribution in [2.24, 2.45) is 5.92 Å². The molecule has 2 aliphatic carbocycles. The third kappa shape index (κ3) is 1.57. The van der Waals surface area contributed by atoms with Crippen LogP contribution in [0.1, 0.15) is 44.9 Å². The first-order valence-corrected chi connectivity index (χ1v) is 4.54. The van der Waals surface area contributed by atoms with Crippen LogP contribution in [0.3, 0.4) is 0 Å². The highest BCUT2D eigenvalue weighted by Crippen LogP contribution is 2.45. The van der Waals surface area contributed by atoms with Gasteiger partial charge in [0.25, 0.3) is 0 Å². The molecular formula is C9H18OS. The summed E-state index contributed by atoms with van der Waals surface area (Å²) >= 11 is 0. The highest BCUT2D eigenvalue weighted by Gasteiger charge is 2.41. The highest BCUT2D eigenvalue weighted by atomic mass is 32.1. The van der Waals surface area contributed by atoms with E-state index in [0.29, 0.717) is 5.92 Å². The van der Waals surface area contributed by atoms with E-state index in [9.17, 15) is 5.11 Å². The Kier molecular flexibility index (Phi) is 2.87. The van der Waals surface area contributed by atoms with Crippen LogP contribution in [0.2, 0.25) is 0 Å². The fraction of sp³-hybridized carbons (Fsp3) is 1.00. The molecule has 2 rings (SSSR count). The molecule has 0 atom stereocenters. The second kappa shape index (κ2) is 3.36. The van der Waals surface area contributed by atoms with Crippen LogP contribution in [0.5, 0.6) is 0 Å². The molecule has 2 aliphatic rings. The zero-order valence-corrected chi connectivity index (χ0v) is 7.97. The third-order valence-corrected chi connectivity index (χ3v) is 3.33. The molecule has 0 spiro atoms. The van der Waals surface area contributed by atoms with E-state index in [1.54, 1.807) is 0 Å². The fourth-order valence-corrected chi connectivity index (χ4v) is 2.34. The Hall–Kier alpha value is 0.310. The van der Waals surface area contributed by atoms with Gasteiger partial charge in [-0.1, -0.05) is 19.3 Å². The first kappa shape index (κ1) is 9.40. The van der Waals surface area contributed by atoms with Gasteiger partial charge in [-0.2, -0.15) is 13.5 Å². The van der Waals surface area contributed by atoms with Crippen LogP contribution in [0.15, 0.2) is 0 Å². The SMILES string of the molecule is OC1(C2CCC2)CCCC1.S. The van der Waals surface area contributed by atoms with E-state index in [4.69, 9.17) is 0 Å². The molecule has 2 saturated carbocycles. The van der Waals surface area contributed by atoms with Gasteiger partial charge in [0, 0.05) is 0 Å². The Morgan fingerprint density at radius 2 is 1.55 bits per heavy atom. The summed E-state index contributed by atoms with van der Waals surface area (Å²) in [5, 5.41) is 10.0. The Bertz CT molecular complexity index is 126. The lowest BCUT2D eigenvalue weighted by Crippen LogP contribution is -2.38. The molecule has 0 unspecified atom stereocenters. The van der Waals surface area contributed by atoms with E-state index in [1.807, 2.05) is 0 Å². The van der Waals surface area contributed by atoms with Crippen LogP contribution in [-0.2, 0) is 0 Å². The van der Waals surface area contributed by atoms with Gasteiger partial charge in [-0.05, 0) is 31.6 Å². The molecule has 2 heteroatoms. The summed E-state index contributed by atoms with van der Waals surface area (Å²) in [7, 11) is 0. The van der Waals surface area contributed by atoms with E-state index in [1.165, 1.54) is 32.1 Å². The van der Waals surface area contributed by atoms with Crippen molar-refractivity contribution >= 4 is 13.5 Å². The molecule has 2 fully saturated rings. The van der Waals surface area contributed by atoms with Gasteiger partial charge in [0.2, 0.25) is 0 Å². The maximum absolute atomic E-state index is 10.0. The Balaban J connectivity index is 0.000000605. The Morgan fingerprint density at radius 1 is 1.00 bits per heavy atom. The van der Waals surface area contributed by atoms with Gasteiger partial charge < -0.3 is 5.11 Å². The minimum atomic E-state index is -0.210. The summed E-state index contributed by atoms with van der Waals surface area (Å²) in [6.07, 6.45) is 8.61. The molecule has 11 heavy (non-hydrogen) atoms. The Labute approximate surface area is 75.6 Å². The second-order valence-corrected chi connectivity index (χ2v) is 3.94. The molecule has 0 aromatic carbocycles. The molecule has 0 aromatic rings. The van der Waals surface area contributed by atoms with E-state index < -0.39 is 0 Å². The van der Waals surface area contributed by atoms with Gasteiger partial charge in [-0.25, -0.2) is 0 Å². The molecule has 0 radical (unpaired) electrons. The zero-order chi connectivity index (χ0) is 7.03. The normalized spacial score (nSPS) is 29.2. The number of hydrogen-bond donors (Lipinski definition) is 1. The molecule has 0 heterocycles. The molecule has 1 N–H and O–H groups in total. The van der Waals surface area contributed by atoms with E-state index in [2.05, 4.69) is 0 Å². The predicted octanol–water partition coefficient (Wildman–Crippen LogP) is 2.20. The summed E-state index contributed by atoms with van der Waals surface area (Å²) in [4.78, 5) is 0. The van der Waals surface area contributed by atoms with Gasteiger partial charge in [0.05, 0.1) is 5.60 Å². The average molecular weight is 174 g/mol. The largest absolute Gasteiger partial charge is 0.390 e. The van der Waals surface area contributed by atoms with Crippen molar-refractivity contribution in [2.75, 3.05) is 0 Å². The van der Waals surface area contributed by atoms with Crippen LogP contribution in [0.25, 0.3) is 0 Å². The van der Waals surface area contributed by atoms with Gasteiger partial charge in [-0.3, -0.25) is 0 Å². The van der Waals surface area contributed by atoms with Gasteiger partial charge in [0.15, 0.2) is 0 Å². The minimum Gasteiger partial charge on any atom is -0.390 e. The van der Waals surface area contributed by atoms with Crippen LogP contribution in [0, 0.1) is 5.92 Å². The summed E-state index contributed by atoms with van der Waals surface area (Å²) in [6, 6.07) is 0. The van der Waals surface area contributed by atoms with Crippen molar-refractivity contribution in [3.05, 3.63) is 0 Å². The van der Waals surface area contributed by atoms with Crippen molar-refractivity contribution in [3.8, 4) is 0 Å². The average Bonchev–Trinajstić information content (AvgIpc) is 2.09. The Morgan fingerprint density at radius 3 is 1.91 bits per heavy atom. The quantitative estimate of drug-likeness (QED) is 0.646. The lowest BCUT2D eigenvalue weighted by molar-refractivity contribution is -0.0442. The van der Waals surface area contributed by atoms with Gasteiger partial charge in [0.1, 0.15) is 0 Å². The molecule has 66 valence electrons. The third-order valence-electron chi connectivity index (χ3n) is 3.33. The van der Waals surface area contributed by atoms with Gasteiger partial charge in [-0.15, -0.1) is 0 Å². The molecule has 1 nitrogen and oxygen atoms in total. The molecular weight excluding hydrogens is 156 g/mol. The fourth-order valence-electron chi connectivity index (χ4n) is 2.34. The van der Waals surface area contributed by atoms with Crippen LogP contribution >= 0.6 is 13.5 Å². The van der Waals surface area contributed by atoms with E-state index >= 15 is 0 Å². The molecule has 0 bridgehead atoms. The summed E-state index contributed by atoms with van der Waals surface area (Å²) in [5.74, 6) is 0.676. The van der Waals surface area contributed by atoms with Gasteiger partial charge >= 0.3 is 0 Å². The standard InChI is InChI=1S/C9H16O.H2S/c10-9(6-1-2-7-9)8-4-3-5-8;/h8,10H,1-7H2;1H2. The van der Waals surface area contributed by atoms with E-state index in [0.717, 1.165) is 12.8 Å². The topological polar surface area (TPSA) is 20.2 Å². The maximum atomic E-state index is 10.0. The number of hydrogen-bond acceptors (Lipinski definition) is 1. The monoisotopic (exact) mass is 174 g/mol. The van der Waals surface area contributed by atoms with Crippen molar-refractivity contribution in [1.29, 1.82) is 0 Å². The molecule has 0 aromatic heterocycles. The van der Waals surface area contributed by atoms with Crippen molar-refractivity contribution < 1.29 is 5.11 Å². The number of rotatable bonds is 1. The first-order valence-electron chi connectivity index (χ1n) is 4.54. The highest BCUT2D eigenvalue weighted by molar-refractivity contribution is 7.59. The van der Waals surface area contributed by atoms with Crippen LogP contribution in [-0.4, -0.2) is 10.7 Å². The van der Waals surface area contributed by atoms with Crippen LogP contribution < -0.4 is 0 Å². The lowest BCUT2D eigenvalue weighted by atomic mass is 9.72. The minimum absolute atomic E-state index is 0. The predicted molar refractivity (Wildman–Crippen MR) is 51.1 cm³/mol. The summed E-state index contributed by atoms with van der Waals surface area (Å²) in [6.45, 7) is 0. The molecule has 0 amide bonds. The van der Waals surface area contributed by atoms with Crippen molar-refractivity contribution in [2.45, 2.75) is 50.5 Å². The summed E-state index contributed by atoms with van der Waals surface area (Å²) in [5.41, 5.74) is -0.210. The van der Waals surface area contributed by atoms with Crippen molar-refractivity contribution in [1.82, 2.24) is 0 Å². The maximum Gasteiger partial charge on any atom is 0.0675 e. The van der Waals surface area contributed by atoms with Crippen LogP contribution in [0.4, 0.5) is 0 Å². The lowest BCUT2D eigenvalue weighted by Gasteiger charge is -2.38. The molecule has 0 saturated heterocycles. The van der Waals surface area contributed by atoms with E-state index in [-0.39, 0.29) is 19.1 Å². The zero-order valence-electron chi connectivity index (χ0n) is 6.97. The van der Waals surface area contributed by atoms with Crippen molar-refractivity contribution in [3.63, 3.8) is 0 Å². The first-order chi connectivity index (χ1) is 4.81. The second-order valence-electron chi connectivity index (χ2n) is 3.94. The summed E-state index contributed by atoms with van der Waals surface area (Å²) < 4.78 is 0. The smallest absolute Gasteiger partial charge is 0.0675 e. The number of aliphatic hydroxyl groups is 1.